The van der Waals surface area contributed by atoms with E-state index in [1.54, 1.807) is 4.68 Å². The Hall–Kier alpha value is -1.84. The second-order valence-electron chi connectivity index (χ2n) is 3.99. The molecule has 0 spiro atoms. The van der Waals surface area contributed by atoms with Crippen LogP contribution in [0.15, 0.2) is 29.1 Å². The van der Waals surface area contributed by atoms with Crippen molar-refractivity contribution in [3.63, 3.8) is 0 Å². The zero-order chi connectivity index (χ0) is 12.4. The lowest BCUT2D eigenvalue weighted by Crippen LogP contribution is -2.41. The molecular formula is C13H17N3O. The topological polar surface area (TPSA) is 38.1 Å². The first-order valence-electron chi connectivity index (χ1n) is 5.91. The Morgan fingerprint density at radius 1 is 1.29 bits per heavy atom. The standard InChI is InChI=1S/C13H17N3O/c1-4-12-14-11-9-7-6-8-10(11)13(17)16(12)15(3)5-2/h6-9H,4-5H2,1-3H3. The average molecular weight is 231 g/mol. The van der Waals surface area contributed by atoms with Crippen molar-refractivity contribution in [2.24, 2.45) is 0 Å². The van der Waals surface area contributed by atoms with E-state index in [0.29, 0.717) is 5.39 Å². The summed E-state index contributed by atoms with van der Waals surface area (Å²) in [5, 5.41) is 2.56. The molecule has 90 valence electrons. The fourth-order valence-electron chi connectivity index (χ4n) is 1.89. The van der Waals surface area contributed by atoms with E-state index in [9.17, 15) is 4.79 Å². The van der Waals surface area contributed by atoms with Crippen LogP contribution in [-0.4, -0.2) is 23.3 Å². The second-order valence-corrected chi connectivity index (χ2v) is 3.99. The van der Waals surface area contributed by atoms with Gasteiger partial charge in [0.15, 0.2) is 0 Å². The fraction of sp³-hybridized carbons (Fsp3) is 0.385. The number of nitrogens with zero attached hydrogens (tertiary/aromatic N) is 3. The zero-order valence-corrected chi connectivity index (χ0v) is 10.5. The number of rotatable bonds is 3. The van der Waals surface area contributed by atoms with Crippen molar-refractivity contribution in [3.8, 4) is 0 Å². The van der Waals surface area contributed by atoms with E-state index in [-0.39, 0.29) is 5.56 Å². The average Bonchev–Trinajstić information content (AvgIpc) is 2.37. The van der Waals surface area contributed by atoms with E-state index >= 15 is 0 Å². The molecule has 2 aromatic rings. The van der Waals surface area contributed by atoms with Crippen LogP contribution in [0.1, 0.15) is 19.7 Å². The van der Waals surface area contributed by atoms with Gasteiger partial charge in [-0.1, -0.05) is 19.1 Å². The molecule has 0 aliphatic carbocycles. The second kappa shape index (κ2) is 4.57. The van der Waals surface area contributed by atoms with Gasteiger partial charge in [0.25, 0.3) is 5.56 Å². The Balaban J connectivity index is 2.81. The van der Waals surface area contributed by atoms with Crippen LogP contribution in [-0.2, 0) is 6.42 Å². The Morgan fingerprint density at radius 3 is 2.65 bits per heavy atom. The monoisotopic (exact) mass is 231 g/mol. The lowest BCUT2D eigenvalue weighted by molar-refractivity contribution is 0.604. The van der Waals surface area contributed by atoms with E-state index in [1.807, 2.05) is 50.2 Å². The minimum atomic E-state index is 0.0109. The van der Waals surface area contributed by atoms with Gasteiger partial charge in [-0.15, -0.1) is 0 Å². The highest BCUT2D eigenvalue weighted by molar-refractivity contribution is 5.77. The zero-order valence-electron chi connectivity index (χ0n) is 10.5. The number of benzene rings is 1. The van der Waals surface area contributed by atoms with Crippen molar-refractivity contribution in [2.45, 2.75) is 20.3 Å². The Labute approximate surface area is 100 Å². The smallest absolute Gasteiger partial charge is 0.280 e. The minimum Gasteiger partial charge on any atom is -0.312 e. The Morgan fingerprint density at radius 2 is 2.00 bits per heavy atom. The predicted octanol–water partition coefficient (Wildman–Crippen LogP) is 1.55. The van der Waals surface area contributed by atoms with Gasteiger partial charge >= 0.3 is 0 Å². The lowest BCUT2D eigenvalue weighted by Gasteiger charge is -2.22. The first-order chi connectivity index (χ1) is 8.19. The van der Waals surface area contributed by atoms with Crippen molar-refractivity contribution >= 4 is 10.9 Å². The highest BCUT2D eigenvalue weighted by Gasteiger charge is 2.11. The van der Waals surface area contributed by atoms with Crippen LogP contribution in [0.2, 0.25) is 0 Å². The normalized spacial score (nSPS) is 10.8. The molecule has 4 nitrogen and oxygen atoms in total. The van der Waals surface area contributed by atoms with E-state index in [0.717, 1.165) is 24.3 Å². The van der Waals surface area contributed by atoms with Gasteiger partial charge in [0.1, 0.15) is 5.82 Å². The molecule has 0 unspecified atom stereocenters. The van der Waals surface area contributed by atoms with Gasteiger partial charge in [0, 0.05) is 20.0 Å². The van der Waals surface area contributed by atoms with Gasteiger partial charge in [-0.2, -0.15) is 0 Å². The Bertz CT molecular complexity index is 589. The summed E-state index contributed by atoms with van der Waals surface area (Å²) in [5.74, 6) is 0.804. The van der Waals surface area contributed by atoms with E-state index < -0.39 is 0 Å². The maximum absolute atomic E-state index is 12.4. The van der Waals surface area contributed by atoms with Gasteiger partial charge in [0.05, 0.1) is 10.9 Å². The van der Waals surface area contributed by atoms with Gasteiger partial charge in [-0.05, 0) is 19.1 Å². The number of aromatic nitrogens is 2. The molecule has 0 saturated heterocycles. The summed E-state index contributed by atoms with van der Waals surface area (Å²) in [5.41, 5.74) is 0.784. The maximum Gasteiger partial charge on any atom is 0.280 e. The number of aryl methyl sites for hydroxylation is 1. The van der Waals surface area contributed by atoms with Gasteiger partial charge < -0.3 is 5.01 Å². The van der Waals surface area contributed by atoms with Crippen molar-refractivity contribution < 1.29 is 0 Å². The largest absolute Gasteiger partial charge is 0.312 e. The summed E-state index contributed by atoms with van der Waals surface area (Å²) in [6.07, 6.45) is 0.740. The van der Waals surface area contributed by atoms with Gasteiger partial charge in [0.2, 0.25) is 0 Å². The third kappa shape index (κ3) is 1.90. The molecule has 0 fully saturated rings. The quantitative estimate of drug-likeness (QED) is 0.804. The van der Waals surface area contributed by atoms with Crippen LogP contribution in [0.3, 0.4) is 0 Å². The minimum absolute atomic E-state index is 0.0109. The highest BCUT2D eigenvalue weighted by atomic mass is 16.1. The SMILES string of the molecule is CCc1nc2ccccc2c(=O)n1N(C)CC. The molecule has 0 N–H and O–H groups in total. The molecule has 0 atom stereocenters. The lowest BCUT2D eigenvalue weighted by atomic mass is 10.2. The number of para-hydroxylation sites is 1. The molecule has 1 aromatic carbocycles. The van der Waals surface area contributed by atoms with Crippen LogP contribution in [0.4, 0.5) is 0 Å². The summed E-state index contributed by atoms with van der Waals surface area (Å²) in [6.45, 7) is 4.80. The summed E-state index contributed by atoms with van der Waals surface area (Å²) >= 11 is 0. The van der Waals surface area contributed by atoms with E-state index in [2.05, 4.69) is 4.98 Å². The molecular weight excluding hydrogens is 214 g/mol. The maximum atomic E-state index is 12.4. The molecule has 0 bridgehead atoms. The molecule has 0 saturated carbocycles. The van der Waals surface area contributed by atoms with Crippen LogP contribution >= 0.6 is 0 Å². The molecule has 0 aliphatic rings. The summed E-state index contributed by atoms with van der Waals surface area (Å²) in [6, 6.07) is 7.48. The van der Waals surface area contributed by atoms with Gasteiger partial charge in [-0.25, -0.2) is 9.66 Å². The molecule has 0 aliphatic heterocycles. The van der Waals surface area contributed by atoms with Crippen molar-refractivity contribution in [2.75, 3.05) is 18.6 Å². The highest BCUT2D eigenvalue weighted by Crippen LogP contribution is 2.08. The van der Waals surface area contributed by atoms with Gasteiger partial charge in [-0.3, -0.25) is 4.79 Å². The third-order valence-corrected chi connectivity index (χ3v) is 2.94. The van der Waals surface area contributed by atoms with Crippen LogP contribution in [0.25, 0.3) is 10.9 Å². The first-order valence-corrected chi connectivity index (χ1v) is 5.91. The van der Waals surface area contributed by atoms with E-state index in [1.165, 1.54) is 0 Å². The summed E-state index contributed by atoms with van der Waals surface area (Å²) in [7, 11) is 1.90. The van der Waals surface area contributed by atoms with E-state index in [4.69, 9.17) is 0 Å². The predicted molar refractivity (Wildman–Crippen MR) is 70.1 cm³/mol. The molecule has 17 heavy (non-hydrogen) atoms. The van der Waals surface area contributed by atoms with Crippen molar-refractivity contribution in [1.29, 1.82) is 0 Å². The van der Waals surface area contributed by atoms with Crippen LogP contribution < -0.4 is 10.6 Å². The third-order valence-electron chi connectivity index (χ3n) is 2.94. The van der Waals surface area contributed by atoms with Crippen LogP contribution in [0, 0.1) is 0 Å². The summed E-state index contributed by atoms with van der Waals surface area (Å²) in [4.78, 5) is 16.9. The van der Waals surface area contributed by atoms with Crippen molar-refractivity contribution in [3.05, 3.63) is 40.4 Å². The molecule has 4 heteroatoms. The number of hydrogen-bond donors (Lipinski definition) is 0. The molecule has 0 radical (unpaired) electrons. The number of hydrogen-bond acceptors (Lipinski definition) is 3. The Kier molecular flexibility index (Phi) is 3.13. The fourth-order valence-corrected chi connectivity index (χ4v) is 1.89. The molecule has 0 amide bonds. The van der Waals surface area contributed by atoms with Crippen molar-refractivity contribution in [1.82, 2.24) is 9.66 Å². The molecule has 1 aromatic heterocycles. The summed E-state index contributed by atoms with van der Waals surface area (Å²) < 4.78 is 1.67. The van der Waals surface area contributed by atoms with Crippen LogP contribution in [0.5, 0.6) is 0 Å². The number of fused-ring (bicyclic) bond motifs is 1. The first kappa shape index (κ1) is 11.6. The molecule has 2 rings (SSSR count). The molecule has 1 heterocycles.